The zero-order valence-electron chi connectivity index (χ0n) is 9.19. The second kappa shape index (κ2) is 4.99. The van der Waals surface area contributed by atoms with Crippen molar-refractivity contribution in [3.63, 3.8) is 0 Å². The SMILES string of the molecule is Cc1nc(CCNC2CCSC2C)no1. The summed E-state index contributed by atoms with van der Waals surface area (Å²) < 4.78 is 4.92. The molecule has 1 aromatic rings. The van der Waals surface area contributed by atoms with Gasteiger partial charge in [0, 0.05) is 31.2 Å². The summed E-state index contributed by atoms with van der Waals surface area (Å²) in [5.74, 6) is 2.73. The van der Waals surface area contributed by atoms with Crippen molar-refractivity contribution in [1.82, 2.24) is 15.5 Å². The van der Waals surface area contributed by atoms with Crippen molar-refractivity contribution in [2.45, 2.75) is 38.0 Å². The minimum absolute atomic E-state index is 0.648. The third kappa shape index (κ3) is 2.95. The molecule has 0 saturated carbocycles. The number of rotatable bonds is 4. The van der Waals surface area contributed by atoms with Crippen LogP contribution in [-0.2, 0) is 6.42 Å². The van der Waals surface area contributed by atoms with Crippen LogP contribution in [0.1, 0.15) is 25.1 Å². The van der Waals surface area contributed by atoms with Gasteiger partial charge in [0.05, 0.1) is 0 Å². The molecule has 1 aliphatic heterocycles. The molecule has 2 unspecified atom stereocenters. The Bertz CT molecular complexity index is 315. The molecule has 0 aliphatic carbocycles. The molecule has 0 aromatic carbocycles. The number of thioether (sulfide) groups is 1. The van der Waals surface area contributed by atoms with Gasteiger partial charge in [0.2, 0.25) is 5.89 Å². The van der Waals surface area contributed by atoms with Crippen molar-refractivity contribution < 1.29 is 4.52 Å². The van der Waals surface area contributed by atoms with E-state index >= 15 is 0 Å². The summed E-state index contributed by atoms with van der Waals surface area (Å²) in [6.45, 7) is 5.04. The highest BCUT2D eigenvalue weighted by Gasteiger charge is 2.22. The average molecular weight is 227 g/mol. The smallest absolute Gasteiger partial charge is 0.223 e. The molecule has 5 heteroatoms. The van der Waals surface area contributed by atoms with Crippen LogP contribution in [0.4, 0.5) is 0 Å². The third-order valence-corrected chi connectivity index (χ3v) is 4.03. The molecular formula is C10H17N3OS. The highest BCUT2D eigenvalue weighted by Crippen LogP contribution is 2.25. The maximum absolute atomic E-state index is 4.92. The van der Waals surface area contributed by atoms with E-state index in [-0.39, 0.29) is 0 Å². The molecule has 0 spiro atoms. The van der Waals surface area contributed by atoms with Gasteiger partial charge < -0.3 is 9.84 Å². The van der Waals surface area contributed by atoms with E-state index in [1.54, 1.807) is 0 Å². The van der Waals surface area contributed by atoms with E-state index in [4.69, 9.17) is 4.52 Å². The van der Waals surface area contributed by atoms with E-state index in [0.717, 1.165) is 24.0 Å². The summed E-state index contributed by atoms with van der Waals surface area (Å²) >= 11 is 2.04. The summed E-state index contributed by atoms with van der Waals surface area (Å²) in [6, 6.07) is 0.656. The predicted molar refractivity (Wildman–Crippen MR) is 61.1 cm³/mol. The van der Waals surface area contributed by atoms with Gasteiger partial charge in [-0.2, -0.15) is 16.7 Å². The van der Waals surface area contributed by atoms with E-state index in [1.165, 1.54) is 12.2 Å². The Hall–Kier alpha value is -0.550. The summed E-state index contributed by atoms with van der Waals surface area (Å²) in [5, 5.41) is 8.15. The van der Waals surface area contributed by atoms with Gasteiger partial charge in [-0.15, -0.1) is 0 Å². The van der Waals surface area contributed by atoms with Crippen molar-refractivity contribution in [2.75, 3.05) is 12.3 Å². The minimum Gasteiger partial charge on any atom is -0.340 e. The van der Waals surface area contributed by atoms with Crippen molar-refractivity contribution in [1.29, 1.82) is 0 Å². The largest absolute Gasteiger partial charge is 0.340 e. The van der Waals surface area contributed by atoms with Crippen molar-refractivity contribution in [2.24, 2.45) is 0 Å². The van der Waals surface area contributed by atoms with Gasteiger partial charge in [0.1, 0.15) is 0 Å². The molecule has 2 heterocycles. The fourth-order valence-electron chi connectivity index (χ4n) is 1.81. The van der Waals surface area contributed by atoms with Crippen LogP contribution in [0.2, 0.25) is 0 Å². The molecule has 1 aromatic heterocycles. The van der Waals surface area contributed by atoms with Crippen molar-refractivity contribution in [3.8, 4) is 0 Å². The van der Waals surface area contributed by atoms with Crippen LogP contribution < -0.4 is 5.32 Å². The first kappa shape index (κ1) is 11.0. The lowest BCUT2D eigenvalue weighted by Gasteiger charge is -2.15. The number of nitrogens with zero attached hydrogens (tertiary/aromatic N) is 2. The fraction of sp³-hybridized carbons (Fsp3) is 0.800. The van der Waals surface area contributed by atoms with Gasteiger partial charge in [-0.05, 0) is 12.2 Å². The molecular weight excluding hydrogens is 210 g/mol. The van der Waals surface area contributed by atoms with Crippen LogP contribution in [0.15, 0.2) is 4.52 Å². The molecule has 1 saturated heterocycles. The van der Waals surface area contributed by atoms with E-state index in [1.807, 2.05) is 18.7 Å². The van der Waals surface area contributed by atoms with E-state index in [0.29, 0.717) is 11.9 Å². The monoisotopic (exact) mass is 227 g/mol. The summed E-state index contributed by atoms with van der Waals surface area (Å²) in [7, 11) is 0. The quantitative estimate of drug-likeness (QED) is 0.842. The Balaban J connectivity index is 1.70. The molecule has 0 bridgehead atoms. The number of nitrogens with one attached hydrogen (secondary N) is 1. The first-order chi connectivity index (χ1) is 7.25. The maximum Gasteiger partial charge on any atom is 0.223 e. The minimum atomic E-state index is 0.648. The number of aryl methyl sites for hydroxylation is 1. The first-order valence-corrected chi connectivity index (χ1v) is 6.45. The summed E-state index contributed by atoms with van der Waals surface area (Å²) in [4.78, 5) is 4.17. The lowest BCUT2D eigenvalue weighted by molar-refractivity contribution is 0.386. The number of aromatic nitrogens is 2. The molecule has 2 rings (SSSR count). The lowest BCUT2D eigenvalue weighted by atomic mass is 10.1. The van der Waals surface area contributed by atoms with Gasteiger partial charge in [0.15, 0.2) is 5.82 Å². The zero-order valence-corrected chi connectivity index (χ0v) is 10.0. The average Bonchev–Trinajstić information content (AvgIpc) is 2.77. The molecule has 15 heavy (non-hydrogen) atoms. The molecule has 1 N–H and O–H groups in total. The van der Waals surface area contributed by atoms with Crippen LogP contribution in [0, 0.1) is 6.92 Å². The van der Waals surface area contributed by atoms with Crippen LogP contribution >= 0.6 is 11.8 Å². The highest BCUT2D eigenvalue weighted by atomic mass is 32.2. The Morgan fingerprint density at radius 1 is 1.60 bits per heavy atom. The molecule has 0 radical (unpaired) electrons. The Labute approximate surface area is 94.2 Å². The first-order valence-electron chi connectivity index (χ1n) is 5.40. The van der Waals surface area contributed by atoms with E-state index in [9.17, 15) is 0 Å². The lowest BCUT2D eigenvalue weighted by Crippen LogP contribution is -2.34. The Morgan fingerprint density at radius 2 is 2.47 bits per heavy atom. The van der Waals surface area contributed by atoms with Crippen LogP contribution in [-0.4, -0.2) is 33.7 Å². The zero-order chi connectivity index (χ0) is 10.7. The maximum atomic E-state index is 4.92. The Kier molecular flexibility index (Phi) is 3.64. The van der Waals surface area contributed by atoms with Crippen molar-refractivity contribution in [3.05, 3.63) is 11.7 Å². The van der Waals surface area contributed by atoms with Crippen LogP contribution in [0.25, 0.3) is 0 Å². The molecule has 1 fully saturated rings. The summed E-state index contributed by atoms with van der Waals surface area (Å²) in [6.07, 6.45) is 2.13. The molecule has 2 atom stereocenters. The third-order valence-electron chi connectivity index (χ3n) is 2.70. The second-order valence-electron chi connectivity index (χ2n) is 3.90. The summed E-state index contributed by atoms with van der Waals surface area (Å²) in [5.41, 5.74) is 0. The normalized spacial score (nSPS) is 26.0. The Morgan fingerprint density at radius 3 is 3.07 bits per heavy atom. The van der Waals surface area contributed by atoms with Gasteiger partial charge in [0.25, 0.3) is 0 Å². The molecule has 84 valence electrons. The fourth-order valence-corrected chi connectivity index (χ4v) is 3.04. The van der Waals surface area contributed by atoms with Gasteiger partial charge in [-0.1, -0.05) is 12.1 Å². The van der Waals surface area contributed by atoms with Gasteiger partial charge in [-0.25, -0.2) is 0 Å². The van der Waals surface area contributed by atoms with Gasteiger partial charge in [-0.3, -0.25) is 0 Å². The molecule has 0 amide bonds. The van der Waals surface area contributed by atoms with Crippen molar-refractivity contribution >= 4 is 11.8 Å². The second-order valence-corrected chi connectivity index (χ2v) is 5.39. The van der Waals surface area contributed by atoms with E-state index < -0.39 is 0 Å². The van der Waals surface area contributed by atoms with Crippen LogP contribution in [0.3, 0.4) is 0 Å². The van der Waals surface area contributed by atoms with E-state index in [2.05, 4.69) is 22.4 Å². The van der Waals surface area contributed by atoms with Crippen LogP contribution in [0.5, 0.6) is 0 Å². The number of hydrogen-bond donors (Lipinski definition) is 1. The molecule has 4 nitrogen and oxygen atoms in total. The number of hydrogen-bond acceptors (Lipinski definition) is 5. The predicted octanol–water partition coefficient (Wildman–Crippen LogP) is 1.40. The van der Waals surface area contributed by atoms with Gasteiger partial charge >= 0.3 is 0 Å². The molecule has 1 aliphatic rings. The highest BCUT2D eigenvalue weighted by molar-refractivity contribution is 8.00. The topological polar surface area (TPSA) is 51.0 Å². The standard InChI is InChI=1S/C10H17N3OS/c1-7-9(4-6-15-7)11-5-3-10-12-8(2)14-13-10/h7,9,11H,3-6H2,1-2H3.